The SMILES string of the molecule is C[C@H](CI)[C@H]1CC[C@H]2C3=CC=C4C[C@@H](O[Si](C)(C)C(C)(C)C)C=C[C@]4(C)[C@H]3CC[C@]12C. The maximum atomic E-state index is 6.80. The van der Waals surface area contributed by atoms with Crippen molar-refractivity contribution in [3.05, 3.63) is 35.5 Å². The van der Waals surface area contributed by atoms with Crippen molar-refractivity contribution >= 4 is 30.9 Å². The number of fused-ring (bicyclic) bond motifs is 5. The van der Waals surface area contributed by atoms with Crippen LogP contribution in [0.15, 0.2) is 35.5 Å². The summed E-state index contributed by atoms with van der Waals surface area (Å²) >= 11 is 2.61. The van der Waals surface area contributed by atoms with Gasteiger partial charge in [0.05, 0.1) is 6.10 Å². The second-order valence-corrected chi connectivity index (χ2v) is 18.7. The van der Waals surface area contributed by atoms with Crippen LogP contribution >= 0.6 is 22.6 Å². The second kappa shape index (κ2) is 8.11. The number of halogens is 1. The molecule has 0 unspecified atom stereocenters. The van der Waals surface area contributed by atoms with E-state index in [1.54, 1.807) is 11.1 Å². The number of allylic oxidation sites excluding steroid dienone is 4. The Labute approximate surface area is 206 Å². The average molecular weight is 553 g/mol. The zero-order chi connectivity index (χ0) is 22.8. The monoisotopic (exact) mass is 552 g/mol. The third-order valence-electron chi connectivity index (χ3n) is 10.3. The lowest BCUT2D eigenvalue weighted by molar-refractivity contribution is 0.0679. The van der Waals surface area contributed by atoms with Gasteiger partial charge in [-0.15, -0.1) is 0 Å². The number of hydrogen-bond acceptors (Lipinski definition) is 1. The summed E-state index contributed by atoms with van der Waals surface area (Å²) in [5.74, 6) is 3.25. The second-order valence-electron chi connectivity index (χ2n) is 13.1. The predicted octanol–water partition coefficient (Wildman–Crippen LogP) is 8.72. The highest BCUT2D eigenvalue weighted by atomic mass is 127. The van der Waals surface area contributed by atoms with Crippen LogP contribution in [0.25, 0.3) is 0 Å². The molecule has 1 nitrogen and oxygen atoms in total. The Morgan fingerprint density at radius 1 is 1.13 bits per heavy atom. The summed E-state index contributed by atoms with van der Waals surface area (Å²) in [5, 5.41) is 0.261. The van der Waals surface area contributed by atoms with Crippen LogP contribution in [-0.4, -0.2) is 18.8 Å². The van der Waals surface area contributed by atoms with E-state index in [2.05, 4.69) is 102 Å². The standard InChI is InChI=1S/C28H45IOSi/c1-19(18-29)23-11-12-24-22-10-9-20-17-21(30-31(7,8)26(2,3)4)13-15-27(20,5)25(22)14-16-28(23,24)6/h9-10,13,15,19,21,23-25H,11-12,14,16-18H2,1-8H3/t19-,21+,23-,24+,25+,27+,28-/m1/s1. The highest BCUT2D eigenvalue weighted by molar-refractivity contribution is 14.1. The molecule has 0 N–H and O–H groups in total. The summed E-state index contributed by atoms with van der Waals surface area (Å²) in [6.45, 7) is 19.5. The Morgan fingerprint density at radius 2 is 1.84 bits per heavy atom. The molecule has 4 rings (SSSR count). The summed E-state index contributed by atoms with van der Waals surface area (Å²) in [5.41, 5.74) is 4.12. The van der Waals surface area contributed by atoms with Gasteiger partial charge in [-0.05, 0) is 79.3 Å². The smallest absolute Gasteiger partial charge is 0.192 e. The van der Waals surface area contributed by atoms with E-state index in [4.69, 9.17) is 4.43 Å². The summed E-state index contributed by atoms with van der Waals surface area (Å²) in [6, 6.07) is 0. The average Bonchev–Trinajstić information content (AvgIpc) is 3.04. The van der Waals surface area contributed by atoms with Crippen molar-refractivity contribution in [1.29, 1.82) is 0 Å². The first-order valence-corrected chi connectivity index (χ1v) is 17.1. The first-order chi connectivity index (χ1) is 14.3. The number of alkyl halides is 1. The Balaban J connectivity index is 1.59. The van der Waals surface area contributed by atoms with Crippen LogP contribution in [0.1, 0.15) is 73.6 Å². The predicted molar refractivity (Wildman–Crippen MR) is 145 cm³/mol. The lowest BCUT2D eigenvalue weighted by atomic mass is 9.51. The third-order valence-corrected chi connectivity index (χ3v) is 16.2. The maximum absolute atomic E-state index is 6.80. The lowest BCUT2D eigenvalue weighted by Crippen LogP contribution is -2.47. The van der Waals surface area contributed by atoms with Crippen molar-refractivity contribution in [2.45, 2.75) is 97.9 Å². The number of hydrogen-bond donors (Lipinski definition) is 0. The van der Waals surface area contributed by atoms with E-state index < -0.39 is 8.32 Å². The minimum absolute atomic E-state index is 0.200. The van der Waals surface area contributed by atoms with E-state index in [1.807, 2.05) is 0 Å². The van der Waals surface area contributed by atoms with Crippen molar-refractivity contribution in [2.24, 2.45) is 34.5 Å². The molecule has 31 heavy (non-hydrogen) atoms. The van der Waals surface area contributed by atoms with Gasteiger partial charge in [0.25, 0.3) is 0 Å². The zero-order valence-electron chi connectivity index (χ0n) is 21.2. The van der Waals surface area contributed by atoms with Crippen LogP contribution in [0.3, 0.4) is 0 Å². The largest absolute Gasteiger partial charge is 0.410 e. The van der Waals surface area contributed by atoms with Gasteiger partial charge in [0.15, 0.2) is 8.32 Å². The van der Waals surface area contributed by atoms with Crippen LogP contribution in [0.5, 0.6) is 0 Å². The summed E-state index contributed by atoms with van der Waals surface area (Å²) in [6.07, 6.45) is 17.0. The van der Waals surface area contributed by atoms with E-state index in [1.165, 1.54) is 30.1 Å². The zero-order valence-corrected chi connectivity index (χ0v) is 24.4. The van der Waals surface area contributed by atoms with E-state index in [0.29, 0.717) is 11.3 Å². The molecule has 2 saturated carbocycles. The van der Waals surface area contributed by atoms with Gasteiger partial charge in [0, 0.05) is 9.84 Å². The van der Waals surface area contributed by atoms with Gasteiger partial charge in [-0.2, -0.15) is 0 Å². The van der Waals surface area contributed by atoms with Crippen molar-refractivity contribution in [3.63, 3.8) is 0 Å². The first-order valence-electron chi connectivity index (χ1n) is 12.7. The van der Waals surface area contributed by atoms with Crippen LogP contribution < -0.4 is 0 Å². The molecule has 0 aliphatic heterocycles. The normalized spacial score (nSPS) is 41.1. The Bertz CT molecular complexity index is 802. The molecule has 0 radical (unpaired) electrons. The van der Waals surface area contributed by atoms with Crippen LogP contribution in [0.2, 0.25) is 18.1 Å². The third kappa shape index (κ3) is 3.90. The van der Waals surface area contributed by atoms with Crippen LogP contribution in [0.4, 0.5) is 0 Å². The van der Waals surface area contributed by atoms with Crippen LogP contribution in [-0.2, 0) is 4.43 Å². The number of rotatable bonds is 4. The quantitative estimate of drug-likeness (QED) is 0.147. The van der Waals surface area contributed by atoms with Gasteiger partial charge in [0.1, 0.15) is 0 Å². The van der Waals surface area contributed by atoms with Crippen molar-refractivity contribution in [3.8, 4) is 0 Å². The minimum Gasteiger partial charge on any atom is -0.410 e. The van der Waals surface area contributed by atoms with E-state index >= 15 is 0 Å². The first kappa shape index (κ1) is 24.3. The Kier molecular flexibility index (Phi) is 6.35. The highest BCUT2D eigenvalue weighted by Gasteiger charge is 2.56. The van der Waals surface area contributed by atoms with E-state index in [-0.39, 0.29) is 16.6 Å². The van der Waals surface area contributed by atoms with Gasteiger partial charge < -0.3 is 4.43 Å². The lowest BCUT2D eigenvalue weighted by Gasteiger charge is -2.54. The molecule has 4 aliphatic carbocycles. The molecule has 0 heterocycles. The molecular formula is C28H45IOSi. The van der Waals surface area contributed by atoms with Gasteiger partial charge in [-0.25, -0.2) is 0 Å². The van der Waals surface area contributed by atoms with Crippen molar-refractivity contribution in [2.75, 3.05) is 4.43 Å². The molecule has 174 valence electrons. The maximum Gasteiger partial charge on any atom is 0.192 e. The fourth-order valence-corrected chi connectivity index (χ4v) is 9.18. The molecule has 0 aromatic heterocycles. The molecule has 7 atom stereocenters. The highest BCUT2D eigenvalue weighted by Crippen LogP contribution is 2.65. The van der Waals surface area contributed by atoms with Crippen molar-refractivity contribution in [1.82, 2.24) is 0 Å². The van der Waals surface area contributed by atoms with Crippen LogP contribution in [0, 0.1) is 34.5 Å². The molecule has 0 spiro atoms. The molecule has 3 heteroatoms. The molecule has 0 saturated heterocycles. The summed E-state index contributed by atoms with van der Waals surface area (Å²) in [4.78, 5) is 0. The van der Waals surface area contributed by atoms with Gasteiger partial charge in [0.2, 0.25) is 0 Å². The minimum atomic E-state index is -1.75. The fourth-order valence-electron chi connectivity index (χ4n) is 7.30. The molecule has 0 bridgehead atoms. The molecule has 0 aromatic carbocycles. The topological polar surface area (TPSA) is 9.23 Å². The summed E-state index contributed by atoms with van der Waals surface area (Å²) < 4.78 is 8.10. The molecule has 2 fully saturated rings. The molecule has 0 aromatic rings. The van der Waals surface area contributed by atoms with Crippen molar-refractivity contribution < 1.29 is 4.43 Å². The fraction of sp³-hybridized carbons (Fsp3) is 0.786. The van der Waals surface area contributed by atoms with Gasteiger partial charge in [-0.1, -0.05) is 99.6 Å². The molecule has 0 amide bonds. The Hall–Kier alpha value is 0.127. The van der Waals surface area contributed by atoms with Gasteiger partial charge in [-0.3, -0.25) is 0 Å². The molecule has 4 aliphatic rings. The molecular weight excluding hydrogens is 507 g/mol. The van der Waals surface area contributed by atoms with E-state index in [9.17, 15) is 0 Å². The van der Waals surface area contributed by atoms with E-state index in [0.717, 1.165) is 24.2 Å². The van der Waals surface area contributed by atoms with Gasteiger partial charge >= 0.3 is 0 Å². The summed E-state index contributed by atoms with van der Waals surface area (Å²) in [7, 11) is -1.75. The Morgan fingerprint density at radius 3 is 2.48 bits per heavy atom.